The van der Waals surface area contributed by atoms with Gasteiger partial charge in [0.25, 0.3) is 0 Å². The second-order valence-corrected chi connectivity index (χ2v) is 6.72. The maximum absolute atomic E-state index is 9.33. The molecule has 0 radical (unpaired) electrons. The normalized spacial score (nSPS) is 38.2. The van der Waals surface area contributed by atoms with Gasteiger partial charge in [-0.15, -0.1) is 0 Å². The van der Waals surface area contributed by atoms with Crippen LogP contribution in [0.1, 0.15) is 39.0 Å². The number of hydrogen-bond acceptors (Lipinski definition) is 3. The largest absolute Gasteiger partial charge is 0.298 e. The van der Waals surface area contributed by atoms with Gasteiger partial charge in [0.05, 0.1) is 12.0 Å². The van der Waals surface area contributed by atoms with Crippen LogP contribution in [0.15, 0.2) is 0 Å². The minimum atomic E-state index is 0.272. The molecule has 96 valence electrons. The molecule has 1 heterocycles. The van der Waals surface area contributed by atoms with Crippen LogP contribution in [0, 0.1) is 23.2 Å². The van der Waals surface area contributed by atoms with Gasteiger partial charge in [-0.3, -0.25) is 4.90 Å². The molecule has 0 N–H and O–H groups in total. The maximum Gasteiger partial charge on any atom is 0.0672 e. The van der Waals surface area contributed by atoms with E-state index in [2.05, 4.69) is 36.7 Å². The second kappa shape index (κ2) is 6.11. The zero-order valence-corrected chi connectivity index (χ0v) is 11.9. The van der Waals surface area contributed by atoms with Gasteiger partial charge in [-0.05, 0) is 44.4 Å². The maximum atomic E-state index is 9.33. The van der Waals surface area contributed by atoms with E-state index in [0.29, 0.717) is 6.04 Å². The summed E-state index contributed by atoms with van der Waals surface area (Å²) >= 11 is 2.07. The van der Waals surface area contributed by atoms with Crippen LogP contribution in [-0.2, 0) is 0 Å². The molecular formula is C14H24N2S. The van der Waals surface area contributed by atoms with Gasteiger partial charge in [-0.25, -0.2) is 0 Å². The van der Waals surface area contributed by atoms with Crippen molar-refractivity contribution in [2.24, 2.45) is 11.8 Å². The van der Waals surface area contributed by atoms with Crippen molar-refractivity contribution in [1.29, 1.82) is 5.26 Å². The van der Waals surface area contributed by atoms with Gasteiger partial charge in [0, 0.05) is 17.8 Å². The van der Waals surface area contributed by atoms with Gasteiger partial charge in [-0.2, -0.15) is 17.0 Å². The lowest BCUT2D eigenvalue weighted by Crippen LogP contribution is -2.47. The fraction of sp³-hybridized carbons (Fsp3) is 0.929. The minimum absolute atomic E-state index is 0.272. The molecule has 0 aromatic carbocycles. The Bertz CT molecular complexity index is 280. The van der Waals surface area contributed by atoms with Gasteiger partial charge in [0.2, 0.25) is 0 Å². The zero-order chi connectivity index (χ0) is 12.3. The number of thioether (sulfide) groups is 1. The Morgan fingerprint density at radius 2 is 2.18 bits per heavy atom. The fourth-order valence-corrected chi connectivity index (χ4v) is 4.60. The summed E-state index contributed by atoms with van der Waals surface area (Å²) in [5.41, 5.74) is 0. The van der Waals surface area contributed by atoms with E-state index in [1.165, 1.54) is 37.2 Å². The van der Waals surface area contributed by atoms with E-state index in [1.54, 1.807) is 0 Å². The highest BCUT2D eigenvalue weighted by molar-refractivity contribution is 7.99. The Kier molecular flexibility index (Phi) is 4.76. The molecule has 2 rings (SSSR count). The molecule has 4 atom stereocenters. The van der Waals surface area contributed by atoms with Crippen LogP contribution < -0.4 is 0 Å². The summed E-state index contributed by atoms with van der Waals surface area (Å²) in [5, 5.41) is 9.33. The van der Waals surface area contributed by atoms with E-state index in [9.17, 15) is 5.26 Å². The smallest absolute Gasteiger partial charge is 0.0672 e. The summed E-state index contributed by atoms with van der Waals surface area (Å²) in [7, 11) is 2.25. The molecule has 0 aromatic rings. The molecule has 4 unspecified atom stereocenters. The monoisotopic (exact) mass is 252 g/mol. The van der Waals surface area contributed by atoms with Crippen molar-refractivity contribution in [2.45, 2.75) is 51.1 Å². The molecule has 17 heavy (non-hydrogen) atoms. The number of nitrogens with zero attached hydrogens (tertiary/aromatic N) is 2. The average molecular weight is 252 g/mol. The Morgan fingerprint density at radius 1 is 1.35 bits per heavy atom. The van der Waals surface area contributed by atoms with Crippen molar-refractivity contribution in [1.82, 2.24) is 4.90 Å². The molecule has 1 saturated heterocycles. The van der Waals surface area contributed by atoms with Crippen LogP contribution in [-0.4, -0.2) is 35.5 Å². The SMILES string of the molecule is CCC1CCC(C#N)C(N(C)C2CCSC2)C1. The molecule has 2 aliphatic rings. The summed E-state index contributed by atoms with van der Waals surface area (Å²) in [4.78, 5) is 2.54. The highest BCUT2D eigenvalue weighted by Crippen LogP contribution is 2.35. The first-order valence-corrected chi connectivity index (χ1v) is 8.11. The zero-order valence-electron chi connectivity index (χ0n) is 11.1. The van der Waals surface area contributed by atoms with Crippen molar-refractivity contribution in [3.63, 3.8) is 0 Å². The molecular weight excluding hydrogens is 228 g/mol. The van der Waals surface area contributed by atoms with Crippen molar-refractivity contribution >= 4 is 11.8 Å². The molecule has 1 aliphatic heterocycles. The van der Waals surface area contributed by atoms with Crippen LogP contribution in [0.3, 0.4) is 0 Å². The van der Waals surface area contributed by atoms with Gasteiger partial charge in [0.15, 0.2) is 0 Å². The molecule has 1 saturated carbocycles. The molecule has 0 spiro atoms. The van der Waals surface area contributed by atoms with Gasteiger partial charge < -0.3 is 0 Å². The lowest BCUT2D eigenvalue weighted by molar-refractivity contribution is 0.0946. The van der Waals surface area contributed by atoms with Crippen molar-refractivity contribution in [3.05, 3.63) is 0 Å². The molecule has 2 fully saturated rings. The van der Waals surface area contributed by atoms with E-state index in [4.69, 9.17) is 0 Å². The highest BCUT2D eigenvalue weighted by Gasteiger charge is 2.35. The van der Waals surface area contributed by atoms with E-state index in [1.807, 2.05) is 0 Å². The van der Waals surface area contributed by atoms with E-state index in [-0.39, 0.29) is 5.92 Å². The van der Waals surface area contributed by atoms with E-state index >= 15 is 0 Å². The topological polar surface area (TPSA) is 27.0 Å². The average Bonchev–Trinajstić information content (AvgIpc) is 2.91. The Balaban J connectivity index is 2.01. The van der Waals surface area contributed by atoms with E-state index in [0.717, 1.165) is 18.4 Å². The lowest BCUT2D eigenvalue weighted by atomic mass is 9.77. The summed E-state index contributed by atoms with van der Waals surface area (Å²) in [6.45, 7) is 2.29. The Morgan fingerprint density at radius 3 is 2.76 bits per heavy atom. The van der Waals surface area contributed by atoms with Crippen molar-refractivity contribution in [3.8, 4) is 6.07 Å². The Hall–Kier alpha value is -0.200. The standard InChI is InChI=1S/C14H24N2S/c1-3-11-4-5-12(9-15)14(8-11)16(2)13-6-7-17-10-13/h11-14H,3-8,10H2,1-2H3. The van der Waals surface area contributed by atoms with Crippen LogP contribution in [0.5, 0.6) is 0 Å². The first kappa shape index (κ1) is 13.2. The molecule has 0 amide bonds. The number of hydrogen-bond donors (Lipinski definition) is 0. The first-order chi connectivity index (χ1) is 8.26. The van der Waals surface area contributed by atoms with Crippen molar-refractivity contribution < 1.29 is 0 Å². The fourth-order valence-electron chi connectivity index (χ4n) is 3.32. The molecule has 2 nitrogen and oxygen atoms in total. The summed E-state index contributed by atoms with van der Waals surface area (Å²) in [6.07, 6.45) is 6.21. The lowest BCUT2D eigenvalue weighted by Gasteiger charge is -2.40. The minimum Gasteiger partial charge on any atom is -0.298 e. The molecule has 3 heteroatoms. The number of rotatable bonds is 3. The summed E-state index contributed by atoms with van der Waals surface area (Å²) < 4.78 is 0. The molecule has 0 bridgehead atoms. The Labute approximate surface area is 110 Å². The van der Waals surface area contributed by atoms with Gasteiger partial charge in [-0.1, -0.05) is 13.3 Å². The first-order valence-electron chi connectivity index (χ1n) is 6.95. The summed E-state index contributed by atoms with van der Waals surface area (Å²) in [5.74, 6) is 3.69. The highest BCUT2D eigenvalue weighted by atomic mass is 32.2. The van der Waals surface area contributed by atoms with Crippen LogP contribution in [0.4, 0.5) is 0 Å². The third kappa shape index (κ3) is 2.98. The van der Waals surface area contributed by atoms with Crippen molar-refractivity contribution in [2.75, 3.05) is 18.6 Å². The summed E-state index contributed by atoms with van der Waals surface area (Å²) in [6, 6.07) is 3.79. The van der Waals surface area contributed by atoms with E-state index < -0.39 is 0 Å². The van der Waals surface area contributed by atoms with Crippen LogP contribution in [0.25, 0.3) is 0 Å². The van der Waals surface area contributed by atoms with Gasteiger partial charge >= 0.3 is 0 Å². The quantitative estimate of drug-likeness (QED) is 0.772. The molecule has 0 aromatic heterocycles. The second-order valence-electron chi connectivity index (χ2n) is 5.57. The third-order valence-electron chi connectivity index (χ3n) is 4.67. The predicted octanol–water partition coefficient (Wildman–Crippen LogP) is 3.14. The predicted molar refractivity (Wildman–Crippen MR) is 74.0 cm³/mol. The third-order valence-corrected chi connectivity index (χ3v) is 5.82. The van der Waals surface area contributed by atoms with Crippen LogP contribution >= 0.6 is 11.8 Å². The molecule has 1 aliphatic carbocycles. The van der Waals surface area contributed by atoms with Crippen LogP contribution in [0.2, 0.25) is 0 Å². The number of nitriles is 1. The van der Waals surface area contributed by atoms with Gasteiger partial charge in [0.1, 0.15) is 0 Å².